The Bertz CT molecular complexity index is 1380. The van der Waals surface area contributed by atoms with Crippen molar-refractivity contribution in [2.45, 2.75) is 24.3 Å². The first-order valence-electron chi connectivity index (χ1n) is 11.1. The third kappa shape index (κ3) is 4.89. The van der Waals surface area contributed by atoms with E-state index in [2.05, 4.69) is 26.0 Å². The molecule has 35 heavy (non-hydrogen) atoms. The van der Waals surface area contributed by atoms with Gasteiger partial charge in [-0.2, -0.15) is 4.58 Å². The van der Waals surface area contributed by atoms with Crippen LogP contribution in [0.2, 0.25) is 5.02 Å². The molecule has 1 aromatic heterocycles. The van der Waals surface area contributed by atoms with Crippen LogP contribution in [-0.4, -0.2) is 72.4 Å². The molecule has 2 aliphatic heterocycles. The number of hydrogen-bond donors (Lipinski definition) is 1. The number of halogens is 1. The first kappa shape index (κ1) is 23.7. The summed E-state index contributed by atoms with van der Waals surface area (Å²) in [5.74, 6) is 0.0814. The minimum atomic E-state index is -3.72. The minimum absolute atomic E-state index is 0. The Labute approximate surface area is 215 Å². The number of rotatable bonds is 6. The summed E-state index contributed by atoms with van der Waals surface area (Å²) in [6.07, 6.45) is 2.84. The van der Waals surface area contributed by atoms with Crippen LogP contribution in [0.3, 0.4) is 0 Å². The number of nitrogens with zero attached hydrogens (tertiary/aromatic N) is 5. The lowest BCUT2D eigenvalue weighted by Gasteiger charge is -2.36. The second-order valence-electron chi connectivity index (χ2n) is 8.40. The van der Waals surface area contributed by atoms with Gasteiger partial charge in [-0.3, -0.25) is 9.52 Å². The molecule has 0 unspecified atom stereocenters. The standard InChI is InChI=1S/C23H24ClN6O3S2.2H2/c1-16(30-9-8-17-2-3-18(24)14-21(17)30)22(31)29-12-10-28(11-13-29)19-4-6-20(7-5-19)35(32,33)27-23-26-25-15-34-23;;/h2-7,9,14-16H,8,10-13H2,1H3,(H,26,27);2*1H/q+1;;/t16-;;/m0../s1. The van der Waals surface area contributed by atoms with Crippen molar-refractivity contribution in [3.8, 4) is 0 Å². The normalized spacial score (nSPS) is 16.6. The summed E-state index contributed by atoms with van der Waals surface area (Å²) in [6, 6.07) is 12.2. The molecule has 1 N–H and O–H groups in total. The molecule has 9 nitrogen and oxygen atoms in total. The number of anilines is 2. The molecule has 3 aromatic rings. The average Bonchev–Trinajstić information content (AvgIpc) is 3.52. The predicted molar refractivity (Wildman–Crippen MR) is 141 cm³/mol. The van der Waals surface area contributed by atoms with Crippen LogP contribution in [0.1, 0.15) is 15.3 Å². The number of hydrogen-bond acceptors (Lipinski definition) is 7. The molecular formula is C23H28ClN6O3S2+. The van der Waals surface area contributed by atoms with Crippen molar-refractivity contribution in [2.75, 3.05) is 35.8 Å². The van der Waals surface area contributed by atoms with Crippen LogP contribution in [0.4, 0.5) is 16.5 Å². The SMILES string of the molecule is C[C@@H](C(=O)N1CCN(c2ccc(S(=O)(=O)Nc3nncs3)cc2)CC1)[N+]1=CCc2ccc(Cl)cc21.[HH].[HH]. The molecule has 2 aromatic carbocycles. The van der Waals surface area contributed by atoms with Gasteiger partial charge < -0.3 is 9.80 Å². The summed E-state index contributed by atoms with van der Waals surface area (Å²) in [5, 5.41) is 8.24. The summed E-state index contributed by atoms with van der Waals surface area (Å²) < 4.78 is 29.5. The van der Waals surface area contributed by atoms with Crippen LogP contribution in [0.15, 0.2) is 52.9 Å². The summed E-state index contributed by atoms with van der Waals surface area (Å²) >= 11 is 7.30. The van der Waals surface area contributed by atoms with Gasteiger partial charge in [0.25, 0.3) is 15.9 Å². The molecule has 1 amide bonds. The van der Waals surface area contributed by atoms with E-state index in [0.717, 1.165) is 29.1 Å². The minimum Gasteiger partial charge on any atom is -0.368 e. The second kappa shape index (κ2) is 9.56. The maximum atomic E-state index is 13.2. The van der Waals surface area contributed by atoms with Crippen LogP contribution in [0, 0.1) is 0 Å². The summed E-state index contributed by atoms with van der Waals surface area (Å²) in [4.78, 5) is 17.4. The van der Waals surface area contributed by atoms with E-state index in [1.54, 1.807) is 24.3 Å². The largest absolute Gasteiger partial charge is 0.368 e. The van der Waals surface area contributed by atoms with Crippen molar-refractivity contribution < 1.29 is 20.6 Å². The number of piperazine rings is 1. The zero-order valence-corrected chi connectivity index (χ0v) is 21.4. The van der Waals surface area contributed by atoms with Crippen LogP contribution < -0.4 is 9.62 Å². The fourth-order valence-electron chi connectivity index (χ4n) is 4.41. The molecule has 0 aliphatic carbocycles. The van der Waals surface area contributed by atoms with Crippen LogP contribution in [0.25, 0.3) is 0 Å². The van der Waals surface area contributed by atoms with Gasteiger partial charge in [-0.1, -0.05) is 29.0 Å². The van der Waals surface area contributed by atoms with Crippen molar-refractivity contribution in [2.24, 2.45) is 0 Å². The van der Waals surface area contributed by atoms with Gasteiger partial charge in [-0.25, -0.2) is 8.42 Å². The average molecular weight is 536 g/mol. The van der Waals surface area contributed by atoms with Crippen molar-refractivity contribution >= 4 is 61.6 Å². The Balaban J connectivity index is 0.00000190. The van der Waals surface area contributed by atoms with Gasteiger partial charge in [0.05, 0.1) is 11.3 Å². The molecule has 0 bridgehead atoms. The highest BCUT2D eigenvalue weighted by Gasteiger charge is 2.35. The number of aromatic nitrogens is 2. The number of fused-ring (bicyclic) bond motifs is 1. The van der Waals surface area contributed by atoms with E-state index in [-0.39, 0.29) is 24.8 Å². The van der Waals surface area contributed by atoms with Crippen LogP contribution in [-0.2, 0) is 21.2 Å². The van der Waals surface area contributed by atoms with E-state index < -0.39 is 10.0 Å². The van der Waals surface area contributed by atoms with Gasteiger partial charge in [-0.15, -0.1) is 10.2 Å². The lowest BCUT2D eigenvalue weighted by atomic mass is 10.1. The summed E-state index contributed by atoms with van der Waals surface area (Å²) in [7, 11) is -3.72. The third-order valence-electron chi connectivity index (χ3n) is 6.29. The molecule has 2 aliphatic rings. The molecule has 186 valence electrons. The third-order valence-corrected chi connectivity index (χ3v) is 8.62. The molecule has 0 saturated carbocycles. The van der Waals surface area contributed by atoms with Gasteiger partial charge in [0.2, 0.25) is 16.9 Å². The first-order chi connectivity index (χ1) is 16.8. The maximum absolute atomic E-state index is 13.2. The van der Waals surface area contributed by atoms with Crippen molar-refractivity contribution in [3.63, 3.8) is 0 Å². The zero-order chi connectivity index (χ0) is 24.6. The lowest BCUT2D eigenvalue weighted by molar-refractivity contribution is -0.460. The Hall–Kier alpha value is -3.02. The van der Waals surface area contributed by atoms with Crippen molar-refractivity contribution in [3.05, 3.63) is 58.6 Å². The smallest absolute Gasteiger partial charge is 0.291 e. The Kier molecular flexibility index (Phi) is 6.47. The highest BCUT2D eigenvalue weighted by atomic mass is 35.5. The highest BCUT2D eigenvalue weighted by molar-refractivity contribution is 7.93. The fraction of sp³-hybridized carbons (Fsp3) is 0.304. The van der Waals surface area contributed by atoms with Gasteiger partial charge in [0.15, 0.2) is 6.21 Å². The molecule has 3 heterocycles. The Morgan fingerprint density at radius 2 is 1.91 bits per heavy atom. The van der Waals surface area contributed by atoms with E-state index in [9.17, 15) is 13.2 Å². The number of nitrogens with one attached hydrogen (secondary N) is 1. The number of sulfonamides is 1. The Morgan fingerprint density at radius 1 is 1.17 bits per heavy atom. The predicted octanol–water partition coefficient (Wildman–Crippen LogP) is 3.49. The monoisotopic (exact) mass is 535 g/mol. The summed E-state index contributed by atoms with van der Waals surface area (Å²) in [5.41, 5.74) is 4.54. The molecule has 1 atom stereocenters. The molecular weight excluding hydrogens is 508 g/mol. The molecule has 1 saturated heterocycles. The van der Waals surface area contributed by atoms with E-state index in [4.69, 9.17) is 11.6 Å². The molecule has 0 radical (unpaired) electrons. The molecule has 5 rings (SSSR count). The quantitative estimate of drug-likeness (QED) is 0.485. The van der Waals surface area contributed by atoms with E-state index in [1.807, 2.05) is 34.6 Å². The van der Waals surface area contributed by atoms with Gasteiger partial charge in [0, 0.05) is 58.3 Å². The van der Waals surface area contributed by atoms with Crippen molar-refractivity contribution in [1.82, 2.24) is 15.1 Å². The number of benzene rings is 2. The van der Waals surface area contributed by atoms with Gasteiger partial charge >= 0.3 is 0 Å². The van der Waals surface area contributed by atoms with E-state index in [1.165, 1.54) is 11.1 Å². The number of carbonyl (C=O) groups excluding carboxylic acids is 1. The van der Waals surface area contributed by atoms with Crippen LogP contribution >= 0.6 is 22.9 Å². The fourth-order valence-corrected chi connectivity index (χ4v) is 6.27. The number of amides is 1. The van der Waals surface area contributed by atoms with E-state index >= 15 is 0 Å². The Morgan fingerprint density at radius 3 is 2.60 bits per heavy atom. The van der Waals surface area contributed by atoms with Gasteiger partial charge in [0.1, 0.15) is 5.51 Å². The first-order valence-corrected chi connectivity index (χ1v) is 13.9. The second-order valence-corrected chi connectivity index (χ2v) is 11.4. The molecule has 12 heteroatoms. The molecule has 1 fully saturated rings. The van der Waals surface area contributed by atoms with Crippen LogP contribution in [0.5, 0.6) is 0 Å². The number of carbonyl (C=O) groups is 1. The van der Waals surface area contributed by atoms with Crippen molar-refractivity contribution in [1.29, 1.82) is 0 Å². The zero-order valence-electron chi connectivity index (χ0n) is 19.0. The lowest BCUT2D eigenvalue weighted by Crippen LogP contribution is -2.52. The van der Waals surface area contributed by atoms with Gasteiger partial charge in [-0.05, 0) is 30.3 Å². The maximum Gasteiger partial charge on any atom is 0.291 e. The molecule has 0 spiro atoms. The highest BCUT2D eigenvalue weighted by Crippen LogP contribution is 2.29. The van der Waals surface area contributed by atoms with E-state index in [0.29, 0.717) is 31.2 Å². The topological polar surface area (TPSA) is 98.5 Å². The summed E-state index contributed by atoms with van der Waals surface area (Å²) in [6.45, 7) is 4.45.